The first-order chi connectivity index (χ1) is 8.97. The molecule has 0 aliphatic carbocycles. The molecule has 0 saturated heterocycles. The molecule has 2 N–H and O–H groups in total. The molecule has 0 fully saturated rings. The molecule has 0 aliphatic heterocycles. The molecule has 6 heteroatoms. The van der Waals surface area contributed by atoms with Gasteiger partial charge in [-0.2, -0.15) is 0 Å². The predicted molar refractivity (Wildman–Crippen MR) is 74.0 cm³/mol. The Kier molecular flexibility index (Phi) is 6.08. The van der Waals surface area contributed by atoms with Gasteiger partial charge in [-0.3, -0.25) is 0 Å². The zero-order valence-electron chi connectivity index (χ0n) is 10.9. The molecular formula is C13H17NO4S. The van der Waals surface area contributed by atoms with E-state index in [1.807, 2.05) is 25.3 Å². The minimum absolute atomic E-state index is 0.306. The summed E-state index contributed by atoms with van der Waals surface area (Å²) in [5.41, 5.74) is 0.805. The summed E-state index contributed by atoms with van der Waals surface area (Å²) in [5.74, 6) is -0.677. The number of ether oxygens (including phenoxy) is 1. The quantitative estimate of drug-likeness (QED) is 0.787. The molecule has 0 atom stereocenters. The van der Waals surface area contributed by atoms with Gasteiger partial charge in [0.1, 0.15) is 0 Å². The van der Waals surface area contributed by atoms with Gasteiger partial charge in [0.05, 0.1) is 13.2 Å². The van der Waals surface area contributed by atoms with Crippen LogP contribution >= 0.6 is 11.3 Å². The van der Waals surface area contributed by atoms with Crippen LogP contribution in [0.15, 0.2) is 17.5 Å². The molecule has 104 valence electrons. The SMILES string of the molecule is CC(C)COC(=O)NCc1cc(C=CC(=O)O)cs1. The van der Waals surface area contributed by atoms with Crippen LogP contribution < -0.4 is 5.32 Å². The van der Waals surface area contributed by atoms with Crippen molar-refractivity contribution >= 4 is 29.5 Å². The topological polar surface area (TPSA) is 75.6 Å². The Bertz CT molecular complexity index is 465. The van der Waals surface area contributed by atoms with E-state index < -0.39 is 12.1 Å². The highest BCUT2D eigenvalue weighted by Crippen LogP contribution is 2.15. The van der Waals surface area contributed by atoms with Crippen LogP contribution in [0.4, 0.5) is 4.79 Å². The molecule has 0 aromatic carbocycles. The van der Waals surface area contributed by atoms with Crippen molar-refractivity contribution in [3.63, 3.8) is 0 Å². The van der Waals surface area contributed by atoms with E-state index in [2.05, 4.69) is 5.32 Å². The smallest absolute Gasteiger partial charge is 0.407 e. The van der Waals surface area contributed by atoms with Crippen LogP contribution in [0, 0.1) is 5.92 Å². The number of hydrogen-bond donors (Lipinski definition) is 2. The van der Waals surface area contributed by atoms with Crippen molar-refractivity contribution in [1.82, 2.24) is 5.32 Å². The fourth-order valence-corrected chi connectivity index (χ4v) is 1.99. The third-order valence-electron chi connectivity index (χ3n) is 2.05. The van der Waals surface area contributed by atoms with Crippen molar-refractivity contribution in [2.75, 3.05) is 6.61 Å². The second kappa shape index (κ2) is 7.58. The highest BCUT2D eigenvalue weighted by molar-refractivity contribution is 7.10. The van der Waals surface area contributed by atoms with Gasteiger partial charge >= 0.3 is 12.1 Å². The normalized spacial score (nSPS) is 10.9. The van der Waals surface area contributed by atoms with Gasteiger partial charge in [-0.1, -0.05) is 13.8 Å². The van der Waals surface area contributed by atoms with Crippen LogP contribution in [0.2, 0.25) is 0 Å². The number of amides is 1. The van der Waals surface area contributed by atoms with Gasteiger partial charge < -0.3 is 15.2 Å². The fraction of sp³-hybridized carbons (Fsp3) is 0.385. The van der Waals surface area contributed by atoms with Crippen LogP contribution in [0.1, 0.15) is 24.3 Å². The summed E-state index contributed by atoms with van der Waals surface area (Å²) in [6, 6.07) is 1.83. The monoisotopic (exact) mass is 283 g/mol. The van der Waals surface area contributed by atoms with E-state index in [-0.39, 0.29) is 0 Å². The third-order valence-corrected chi connectivity index (χ3v) is 3.00. The molecular weight excluding hydrogens is 266 g/mol. The van der Waals surface area contributed by atoms with Crippen molar-refractivity contribution in [2.45, 2.75) is 20.4 Å². The van der Waals surface area contributed by atoms with E-state index in [1.54, 1.807) is 0 Å². The molecule has 1 aromatic rings. The van der Waals surface area contributed by atoms with Gasteiger partial charge in [0, 0.05) is 11.0 Å². The minimum atomic E-state index is -0.983. The first-order valence-electron chi connectivity index (χ1n) is 5.86. The van der Waals surface area contributed by atoms with Crippen molar-refractivity contribution in [3.8, 4) is 0 Å². The Morgan fingerprint density at radius 2 is 2.26 bits per heavy atom. The molecule has 0 bridgehead atoms. The summed E-state index contributed by atoms with van der Waals surface area (Å²) < 4.78 is 4.97. The predicted octanol–water partition coefficient (Wildman–Crippen LogP) is 2.73. The lowest BCUT2D eigenvalue weighted by molar-refractivity contribution is -0.131. The zero-order valence-corrected chi connectivity index (χ0v) is 11.7. The summed E-state index contributed by atoms with van der Waals surface area (Å²) in [7, 11) is 0. The van der Waals surface area contributed by atoms with Crippen LogP contribution in [0.3, 0.4) is 0 Å². The Labute approximate surface area is 115 Å². The highest BCUT2D eigenvalue weighted by atomic mass is 32.1. The number of nitrogens with one attached hydrogen (secondary N) is 1. The number of hydrogen-bond acceptors (Lipinski definition) is 4. The number of carboxylic acids is 1. The van der Waals surface area contributed by atoms with E-state index in [1.165, 1.54) is 17.4 Å². The maximum Gasteiger partial charge on any atom is 0.407 e. The molecule has 19 heavy (non-hydrogen) atoms. The van der Waals surface area contributed by atoms with Crippen LogP contribution in [0.25, 0.3) is 6.08 Å². The summed E-state index contributed by atoms with van der Waals surface area (Å²) in [6.07, 6.45) is 2.15. The van der Waals surface area contributed by atoms with E-state index in [0.717, 1.165) is 16.5 Å². The maximum atomic E-state index is 11.3. The van der Waals surface area contributed by atoms with Crippen molar-refractivity contribution in [1.29, 1.82) is 0 Å². The lowest BCUT2D eigenvalue weighted by atomic mass is 10.2. The van der Waals surface area contributed by atoms with Gasteiger partial charge in [-0.05, 0) is 29.0 Å². The number of rotatable bonds is 6. The Morgan fingerprint density at radius 3 is 2.89 bits per heavy atom. The Morgan fingerprint density at radius 1 is 1.53 bits per heavy atom. The molecule has 0 unspecified atom stereocenters. The second-order valence-electron chi connectivity index (χ2n) is 4.36. The minimum Gasteiger partial charge on any atom is -0.478 e. The zero-order chi connectivity index (χ0) is 14.3. The van der Waals surface area contributed by atoms with Crippen LogP contribution in [-0.2, 0) is 16.1 Å². The molecule has 0 aliphatic rings. The van der Waals surface area contributed by atoms with Crippen LogP contribution in [0.5, 0.6) is 0 Å². The maximum absolute atomic E-state index is 11.3. The summed E-state index contributed by atoms with van der Waals surface area (Å²) >= 11 is 1.45. The molecule has 5 nitrogen and oxygen atoms in total. The van der Waals surface area contributed by atoms with E-state index in [9.17, 15) is 9.59 Å². The van der Waals surface area contributed by atoms with E-state index >= 15 is 0 Å². The average Bonchev–Trinajstić information content (AvgIpc) is 2.79. The molecule has 1 rings (SSSR count). The second-order valence-corrected chi connectivity index (χ2v) is 5.36. The first kappa shape index (κ1) is 15.2. The van der Waals surface area contributed by atoms with Crippen LogP contribution in [-0.4, -0.2) is 23.8 Å². The first-order valence-corrected chi connectivity index (χ1v) is 6.74. The van der Waals surface area contributed by atoms with E-state index in [4.69, 9.17) is 9.84 Å². The largest absolute Gasteiger partial charge is 0.478 e. The summed E-state index contributed by atoms with van der Waals surface area (Å²) in [5, 5.41) is 13.0. The number of carbonyl (C=O) groups excluding carboxylic acids is 1. The van der Waals surface area contributed by atoms with Crippen molar-refractivity contribution in [2.24, 2.45) is 5.92 Å². The number of alkyl carbamates (subject to hydrolysis) is 1. The standard InChI is InChI=1S/C13H17NO4S/c1-9(2)7-18-13(17)14-6-11-5-10(8-19-11)3-4-12(15)16/h3-5,8-9H,6-7H2,1-2H3,(H,14,17)(H,15,16). The van der Waals surface area contributed by atoms with Crippen molar-refractivity contribution < 1.29 is 19.4 Å². The number of aliphatic carboxylic acids is 1. The lowest BCUT2D eigenvalue weighted by Crippen LogP contribution is -2.24. The number of thiophene rings is 1. The fourth-order valence-electron chi connectivity index (χ4n) is 1.20. The van der Waals surface area contributed by atoms with E-state index in [0.29, 0.717) is 19.1 Å². The van der Waals surface area contributed by atoms with Gasteiger partial charge in [0.25, 0.3) is 0 Å². The average molecular weight is 283 g/mol. The van der Waals surface area contributed by atoms with Gasteiger partial charge in [0.2, 0.25) is 0 Å². The number of carboxylic acid groups (broad SMARTS) is 1. The van der Waals surface area contributed by atoms with Gasteiger partial charge in [-0.25, -0.2) is 9.59 Å². The molecule has 0 saturated carbocycles. The molecule has 0 radical (unpaired) electrons. The molecule has 1 heterocycles. The Hall–Kier alpha value is -1.82. The Balaban J connectivity index is 2.38. The summed E-state index contributed by atoms with van der Waals surface area (Å²) in [4.78, 5) is 22.6. The summed E-state index contributed by atoms with van der Waals surface area (Å²) in [6.45, 7) is 4.70. The third kappa shape index (κ3) is 6.61. The molecule has 1 aromatic heterocycles. The number of carbonyl (C=O) groups is 2. The van der Waals surface area contributed by atoms with Gasteiger partial charge in [-0.15, -0.1) is 11.3 Å². The van der Waals surface area contributed by atoms with Crippen molar-refractivity contribution in [3.05, 3.63) is 28.0 Å². The lowest BCUT2D eigenvalue weighted by Gasteiger charge is -2.07. The molecule has 1 amide bonds. The van der Waals surface area contributed by atoms with Gasteiger partial charge in [0.15, 0.2) is 0 Å². The highest BCUT2D eigenvalue weighted by Gasteiger charge is 2.04. The molecule has 0 spiro atoms.